The summed E-state index contributed by atoms with van der Waals surface area (Å²) in [6.07, 6.45) is 4.74. The van der Waals surface area contributed by atoms with Gasteiger partial charge in [0.1, 0.15) is 5.78 Å². The van der Waals surface area contributed by atoms with Crippen molar-refractivity contribution in [2.75, 3.05) is 138 Å². The lowest BCUT2D eigenvalue weighted by Crippen LogP contribution is -2.27. The first-order chi connectivity index (χ1) is 63.8. The molecule has 808 valence electrons. The van der Waals surface area contributed by atoms with Gasteiger partial charge in [-0.2, -0.15) is 0 Å². The van der Waals surface area contributed by atoms with E-state index in [4.69, 9.17) is 93.3 Å². The third kappa shape index (κ3) is 197. The minimum absolute atomic E-state index is 0.00789. The molecule has 30 nitrogen and oxygen atoms in total. The molecule has 1 aliphatic rings. The summed E-state index contributed by atoms with van der Waals surface area (Å²) in [5.74, 6) is 0.503. The highest BCUT2D eigenvalue weighted by Gasteiger charge is 2.27. The van der Waals surface area contributed by atoms with Crippen LogP contribution in [0.15, 0.2) is 129 Å². The Morgan fingerprint density at radius 2 is 0.831 bits per heavy atom. The van der Waals surface area contributed by atoms with Crippen LogP contribution in [0.2, 0.25) is 98.2 Å². The standard InChI is InChI=1S/C9H18O3Si.C8H16O3Si.C8H14O2Si.C8H12OSi.C6H11ClO2Si.C6H12OSi.C5H14OSi.2C5H10OSi.C4H5Cl3OSi.C4H10O2Si.2C4H10O2.C4H12OSi.C3H10OSi.3C2H6O2/c1-7(2)9(10)6-13(11-5)12-8(3)4;1-5-11-12(10-4)6-8(9)7(2)3;1-6(2)8(10)4-7(9)5-11-3;1-9-10-7-8-5-3-2-4-6-8;1-5(2)6(8)4-10(7)9-3;1-5(2)6(7)4-8-3;1-5(2,3)7-6-4;2*1-3-5(6)4-7-2;1-2-4(8)3-9(5,6)7;1-5-7-3-4-2-6-4;3*1-3-5-6-4-2;1-3-4-5-2;3*1-3-4-2/h8,13H,1,6H2,2-5H3;12H,2,5-6H2,1,3-4H3;1,4-5,11H2,2-3H3;2-6H,7,10H2,1H3;10H,1,4H2,2-3H3;1,4,8H2,2-3H3;7H2,1-4H3;2*3H,1,4,7H2,2H3;2H,1,3H2;4H,2-3,7H2,1H3;2*3-4H2,1-2H3;3-4,6H2,1-2H3;3,5H2,1-2H3;3*1-2H3. The molecule has 47 heteroatoms. The van der Waals surface area contributed by atoms with E-state index in [2.05, 4.69) is 186 Å². The molecule has 0 bridgehead atoms. The highest BCUT2D eigenvalue weighted by Crippen LogP contribution is 2.25. The summed E-state index contributed by atoms with van der Waals surface area (Å²) in [5, 5.41) is 0.467. The maximum absolute atomic E-state index is 11.3. The molecule has 0 radical (unpaired) electrons. The van der Waals surface area contributed by atoms with Gasteiger partial charge in [0, 0.05) is 119 Å². The van der Waals surface area contributed by atoms with E-state index in [1.807, 2.05) is 68.4 Å². The van der Waals surface area contributed by atoms with Gasteiger partial charge in [-0.25, -0.2) is 48.9 Å². The quantitative estimate of drug-likeness (QED) is 0.00854. The molecule has 4 unspecified atom stereocenters. The Hall–Kier alpha value is -2.69. The second kappa shape index (κ2) is 141. The summed E-state index contributed by atoms with van der Waals surface area (Å²) in [5.41, 5.74) is 4.29. The zero-order valence-corrected chi connectivity index (χ0v) is 111. The van der Waals surface area contributed by atoms with E-state index in [1.165, 1.54) is 79.6 Å². The molecule has 1 fully saturated rings. The smallest absolute Gasteiger partial charge is 0.348 e. The molecule has 1 aliphatic heterocycles. The Morgan fingerprint density at radius 3 is 1.04 bits per heavy atom. The molecule has 0 aromatic heterocycles. The summed E-state index contributed by atoms with van der Waals surface area (Å²) in [6.45, 7) is 78.8. The van der Waals surface area contributed by atoms with Crippen LogP contribution in [-0.4, -0.2) is 322 Å². The number of rotatable bonds is 54. The van der Waals surface area contributed by atoms with Crippen LogP contribution in [0.1, 0.15) is 137 Å². The summed E-state index contributed by atoms with van der Waals surface area (Å²) < 4.78 is 55.9. The van der Waals surface area contributed by atoms with E-state index in [9.17, 15) is 43.2 Å². The van der Waals surface area contributed by atoms with E-state index >= 15 is 0 Å². The first-order valence-electron chi connectivity index (χ1n) is 45.3. The molecule has 1 aromatic rings. The number of allylic oxidation sites excluding steroid dienone is 8. The van der Waals surface area contributed by atoms with Crippen molar-refractivity contribution < 1.29 is 141 Å². The summed E-state index contributed by atoms with van der Waals surface area (Å²) in [6, 6.07) is 15.5. The molecule has 4 atom stereocenters. The number of carbonyl (C=O) groups is 9. The fraction of sp³-hybridized carbons (Fsp3) is 0.652. The Morgan fingerprint density at radius 1 is 0.471 bits per heavy atom. The van der Waals surface area contributed by atoms with Gasteiger partial charge in [-0.15, -0.1) is 44.3 Å². The second-order valence-corrected chi connectivity index (χ2v) is 59.5. The molecular formula is C89H192Cl4O30Si13. The number of epoxide rings is 1. The highest BCUT2D eigenvalue weighted by molar-refractivity contribution is 7.65. The van der Waals surface area contributed by atoms with E-state index in [1.54, 1.807) is 70.2 Å². The van der Waals surface area contributed by atoms with Crippen LogP contribution in [0, 0.1) is 0 Å². The number of hydrogen-bond acceptors (Lipinski definition) is 30. The van der Waals surface area contributed by atoms with Gasteiger partial charge in [-0.3, -0.25) is 43.2 Å². The average Bonchev–Trinajstić information content (AvgIpc) is 1.77. The summed E-state index contributed by atoms with van der Waals surface area (Å²) in [7, 11) is 12.2. The monoisotopic (exact) mass is 2240 g/mol. The molecule has 136 heavy (non-hydrogen) atoms. The Bertz CT molecular complexity index is 2850. The second-order valence-electron chi connectivity index (χ2n) is 28.3. The summed E-state index contributed by atoms with van der Waals surface area (Å²) >= 11 is 21.9. The van der Waals surface area contributed by atoms with Crippen LogP contribution in [0.25, 0.3) is 0 Å². The molecule has 0 saturated carbocycles. The fourth-order valence-corrected chi connectivity index (χ4v) is 19.1. The molecule has 0 amide bonds. The van der Waals surface area contributed by atoms with Crippen molar-refractivity contribution in [3.05, 3.63) is 135 Å². The Balaban J connectivity index is -0.0000000808. The third-order valence-electron chi connectivity index (χ3n) is 13.6. The minimum Gasteiger partial charge on any atom is -0.427 e. The predicted octanol–water partition coefficient (Wildman–Crippen LogP) is 13.0. The van der Waals surface area contributed by atoms with Gasteiger partial charge >= 0.3 is 24.6 Å². The van der Waals surface area contributed by atoms with Crippen molar-refractivity contribution in [2.24, 2.45) is 0 Å². The number of ketones is 9. The number of benzene rings is 1. The van der Waals surface area contributed by atoms with Crippen LogP contribution in [-0.2, 0) is 147 Å². The van der Waals surface area contributed by atoms with Crippen molar-refractivity contribution in [1.82, 2.24) is 0 Å². The first kappa shape index (κ1) is 170. The van der Waals surface area contributed by atoms with Crippen LogP contribution in [0.4, 0.5) is 0 Å². The topological polar surface area (TPSA) is 351 Å². The summed E-state index contributed by atoms with van der Waals surface area (Å²) in [4.78, 5) is 139. The van der Waals surface area contributed by atoms with Crippen LogP contribution in [0.5, 0.6) is 0 Å². The lowest BCUT2D eigenvalue weighted by molar-refractivity contribution is -0.287. The van der Waals surface area contributed by atoms with Crippen molar-refractivity contribution in [2.45, 2.75) is 248 Å². The Kier molecular flexibility index (Phi) is 176. The first-order valence-corrected chi connectivity index (χ1v) is 74.7. The lowest BCUT2D eigenvalue weighted by Gasteiger charge is -2.16. The van der Waals surface area contributed by atoms with Gasteiger partial charge in [-0.05, 0) is 196 Å². The molecule has 0 aliphatic carbocycles. The van der Waals surface area contributed by atoms with Gasteiger partial charge in [0.25, 0.3) is 8.35 Å². The third-order valence-corrected chi connectivity index (χ3v) is 31.3. The molecular weight excluding hydrogens is 2060 g/mol. The minimum atomic E-state index is -2.75. The van der Waals surface area contributed by atoms with Crippen molar-refractivity contribution in [3.63, 3.8) is 0 Å². The highest BCUT2D eigenvalue weighted by atomic mass is 35.8. The van der Waals surface area contributed by atoms with E-state index in [0.717, 1.165) is 50.1 Å². The number of halogens is 4. The lowest BCUT2D eigenvalue weighted by atomic mass is 10.1. The van der Waals surface area contributed by atoms with Gasteiger partial charge in [0.05, 0.1) is 100 Å². The van der Waals surface area contributed by atoms with Crippen molar-refractivity contribution in [1.29, 1.82) is 0 Å². The molecule has 0 N–H and O–H groups in total. The number of carbonyl (C=O) groups excluding carboxylic acids is 9. The normalized spacial score (nSPS) is 11.8. The van der Waals surface area contributed by atoms with E-state index in [-0.39, 0.29) is 158 Å². The van der Waals surface area contributed by atoms with Crippen molar-refractivity contribution in [3.8, 4) is 0 Å². The van der Waals surface area contributed by atoms with Crippen molar-refractivity contribution >= 4 is 216 Å². The van der Waals surface area contributed by atoms with Crippen LogP contribution >= 0.6 is 44.3 Å². The van der Waals surface area contributed by atoms with E-state index < -0.39 is 32.9 Å². The van der Waals surface area contributed by atoms with Crippen LogP contribution in [0.3, 0.4) is 0 Å². The average molecular weight is 2250 g/mol. The van der Waals surface area contributed by atoms with Gasteiger partial charge in [0.15, 0.2) is 95.1 Å². The molecule has 1 heterocycles. The van der Waals surface area contributed by atoms with Gasteiger partial charge in [0.2, 0.25) is 0 Å². The molecule has 0 spiro atoms. The maximum Gasteiger partial charge on any atom is 0.348 e. The largest absolute Gasteiger partial charge is 0.427 e. The van der Waals surface area contributed by atoms with Crippen LogP contribution < -0.4 is 0 Å². The predicted molar refractivity (Wildman–Crippen MR) is 606 cm³/mol. The Labute approximate surface area is 871 Å². The molecule has 1 aromatic carbocycles. The molecule has 1 saturated heterocycles. The maximum atomic E-state index is 11.3. The number of Topliss-reactive ketones (excluding diaryl/α,β-unsaturated/α-hetero) is 6. The zero-order chi connectivity index (χ0) is 110. The molecule has 2 rings (SSSR count). The zero-order valence-electron chi connectivity index (χ0n) is 90.9. The van der Waals surface area contributed by atoms with Gasteiger partial charge in [-0.1, -0.05) is 143 Å². The number of hydrogen-bond donors (Lipinski definition) is 0. The van der Waals surface area contributed by atoms with E-state index in [0.29, 0.717) is 96.2 Å². The van der Waals surface area contributed by atoms with Gasteiger partial charge < -0.3 is 49.0 Å². The fourth-order valence-electron chi connectivity index (χ4n) is 6.65. The SMILES string of the molecule is C=C(C)C(=O)CC(=O)C[SiH2]C.C=C(C)C(=O)C[SiH2]C.C=C(C)C(=O)C[SiH](Cl)OC.C=C(C)C(=O)C[SiH](OC)OC(C)C.C=C(C)C(=O)C[SiH](OC)OCC.C=CC(=O)C[SiH2]C.C=CC(=O)C[SiH2]C.C=CC(=O)C[Si](Cl)(Cl)Cl.CCOOCC.CCOOCC.CCO[SiH2]C.CCO[SiH2]CC.COOC.COOC.COOC.CO[SiH2]C(C)(C)C.CO[SiH2]CC1CO1.CO[SiH2]Cc1ccccc1. The number of ether oxygens (including phenoxy) is 1.